The van der Waals surface area contributed by atoms with Gasteiger partial charge in [0.25, 0.3) is 0 Å². The van der Waals surface area contributed by atoms with Gasteiger partial charge < -0.3 is 14.3 Å². The molecule has 0 aliphatic carbocycles. The van der Waals surface area contributed by atoms with E-state index in [0.717, 1.165) is 17.7 Å². The standard InChI is InChI=1S/C13H16N2O3/c1-17-11-5-3-2-4-10(11)6-7-12-14-15-13(18-12)8-9-16/h2-5,16H,6-9H2,1H3. The van der Waals surface area contributed by atoms with Crippen molar-refractivity contribution < 1.29 is 14.3 Å². The zero-order valence-electron chi connectivity index (χ0n) is 10.3. The molecule has 0 atom stereocenters. The highest BCUT2D eigenvalue weighted by Crippen LogP contribution is 2.19. The van der Waals surface area contributed by atoms with Crippen LogP contribution in [0.2, 0.25) is 0 Å². The summed E-state index contributed by atoms with van der Waals surface area (Å²) in [4.78, 5) is 0. The first-order valence-electron chi connectivity index (χ1n) is 5.87. The van der Waals surface area contributed by atoms with Crippen LogP contribution in [0.1, 0.15) is 17.3 Å². The third kappa shape index (κ3) is 3.07. The molecular formula is C13H16N2O3. The molecule has 1 aromatic carbocycles. The Morgan fingerprint density at radius 2 is 1.83 bits per heavy atom. The van der Waals surface area contributed by atoms with E-state index in [1.807, 2.05) is 24.3 Å². The van der Waals surface area contributed by atoms with Crippen LogP contribution < -0.4 is 4.74 Å². The molecule has 5 nitrogen and oxygen atoms in total. The van der Waals surface area contributed by atoms with Crippen LogP contribution >= 0.6 is 0 Å². The number of rotatable bonds is 6. The van der Waals surface area contributed by atoms with Crippen molar-refractivity contribution in [1.82, 2.24) is 10.2 Å². The molecule has 0 saturated heterocycles. The Morgan fingerprint density at radius 3 is 2.56 bits per heavy atom. The fraction of sp³-hybridized carbons (Fsp3) is 0.385. The number of methoxy groups -OCH3 is 1. The van der Waals surface area contributed by atoms with Gasteiger partial charge in [-0.05, 0) is 18.1 Å². The van der Waals surface area contributed by atoms with Gasteiger partial charge in [0.2, 0.25) is 11.8 Å². The summed E-state index contributed by atoms with van der Waals surface area (Å²) >= 11 is 0. The summed E-state index contributed by atoms with van der Waals surface area (Å²) in [5, 5.41) is 16.6. The maximum absolute atomic E-state index is 8.76. The molecule has 0 saturated carbocycles. The molecule has 5 heteroatoms. The van der Waals surface area contributed by atoms with Crippen LogP contribution in [0, 0.1) is 0 Å². The summed E-state index contributed by atoms with van der Waals surface area (Å²) in [5.74, 6) is 1.93. The summed E-state index contributed by atoms with van der Waals surface area (Å²) in [5.41, 5.74) is 1.11. The first-order valence-corrected chi connectivity index (χ1v) is 5.87. The van der Waals surface area contributed by atoms with Crippen LogP contribution in [0.15, 0.2) is 28.7 Å². The van der Waals surface area contributed by atoms with Crippen molar-refractivity contribution in [1.29, 1.82) is 0 Å². The molecule has 0 radical (unpaired) electrons. The van der Waals surface area contributed by atoms with Gasteiger partial charge in [-0.25, -0.2) is 0 Å². The third-order valence-electron chi connectivity index (χ3n) is 2.64. The van der Waals surface area contributed by atoms with Crippen molar-refractivity contribution in [2.24, 2.45) is 0 Å². The summed E-state index contributed by atoms with van der Waals surface area (Å²) in [6.45, 7) is 0.0220. The Morgan fingerprint density at radius 1 is 1.11 bits per heavy atom. The molecule has 1 heterocycles. The second kappa shape index (κ2) is 6.16. The SMILES string of the molecule is COc1ccccc1CCc1nnc(CCO)o1. The number of hydrogen-bond acceptors (Lipinski definition) is 5. The normalized spacial score (nSPS) is 10.6. The highest BCUT2D eigenvalue weighted by Gasteiger charge is 2.07. The van der Waals surface area contributed by atoms with E-state index in [9.17, 15) is 0 Å². The number of para-hydroxylation sites is 1. The molecule has 0 aliphatic rings. The van der Waals surface area contributed by atoms with Crippen LogP contribution in [0.3, 0.4) is 0 Å². The van der Waals surface area contributed by atoms with Crippen LogP contribution in [-0.4, -0.2) is 29.0 Å². The zero-order valence-corrected chi connectivity index (χ0v) is 10.3. The van der Waals surface area contributed by atoms with E-state index < -0.39 is 0 Å². The van der Waals surface area contributed by atoms with Gasteiger partial charge in [0.1, 0.15) is 5.75 Å². The summed E-state index contributed by atoms with van der Waals surface area (Å²) in [6.07, 6.45) is 1.85. The minimum Gasteiger partial charge on any atom is -0.496 e. The zero-order chi connectivity index (χ0) is 12.8. The van der Waals surface area contributed by atoms with E-state index in [0.29, 0.717) is 24.6 Å². The van der Waals surface area contributed by atoms with Crippen molar-refractivity contribution in [3.05, 3.63) is 41.6 Å². The summed E-state index contributed by atoms with van der Waals surface area (Å²) in [7, 11) is 1.66. The Bertz CT molecular complexity index is 496. The topological polar surface area (TPSA) is 68.4 Å². The van der Waals surface area contributed by atoms with Crippen LogP contribution in [0.25, 0.3) is 0 Å². The van der Waals surface area contributed by atoms with Crippen molar-refractivity contribution in [3.8, 4) is 5.75 Å². The fourth-order valence-corrected chi connectivity index (χ4v) is 1.74. The minimum absolute atomic E-state index is 0.0220. The maximum atomic E-state index is 8.76. The Labute approximate surface area is 105 Å². The van der Waals surface area contributed by atoms with Gasteiger partial charge in [-0.2, -0.15) is 0 Å². The quantitative estimate of drug-likeness (QED) is 0.836. The van der Waals surface area contributed by atoms with Crippen LogP contribution in [0.5, 0.6) is 5.75 Å². The molecule has 2 aromatic rings. The molecule has 18 heavy (non-hydrogen) atoms. The molecular weight excluding hydrogens is 232 g/mol. The number of benzene rings is 1. The fourth-order valence-electron chi connectivity index (χ4n) is 1.74. The largest absolute Gasteiger partial charge is 0.496 e. The van der Waals surface area contributed by atoms with Gasteiger partial charge in [-0.1, -0.05) is 18.2 Å². The van der Waals surface area contributed by atoms with Crippen molar-refractivity contribution in [2.75, 3.05) is 13.7 Å². The molecule has 0 fully saturated rings. The lowest BCUT2D eigenvalue weighted by Crippen LogP contribution is -1.95. The first kappa shape index (κ1) is 12.6. The smallest absolute Gasteiger partial charge is 0.218 e. The number of ether oxygens (including phenoxy) is 1. The maximum Gasteiger partial charge on any atom is 0.218 e. The molecule has 0 bridgehead atoms. The van der Waals surface area contributed by atoms with E-state index in [4.69, 9.17) is 14.3 Å². The third-order valence-corrected chi connectivity index (χ3v) is 2.64. The number of nitrogens with zero attached hydrogens (tertiary/aromatic N) is 2. The lowest BCUT2D eigenvalue weighted by atomic mass is 10.1. The van der Waals surface area contributed by atoms with E-state index >= 15 is 0 Å². The minimum atomic E-state index is 0.0220. The van der Waals surface area contributed by atoms with Gasteiger partial charge in [0.05, 0.1) is 13.7 Å². The molecule has 96 valence electrons. The lowest BCUT2D eigenvalue weighted by Gasteiger charge is -2.06. The van der Waals surface area contributed by atoms with Gasteiger partial charge in [0.15, 0.2) is 0 Å². The Hall–Kier alpha value is -1.88. The Balaban J connectivity index is 1.97. The molecule has 0 unspecified atom stereocenters. The van der Waals surface area contributed by atoms with Crippen molar-refractivity contribution in [3.63, 3.8) is 0 Å². The molecule has 2 rings (SSSR count). The van der Waals surface area contributed by atoms with Gasteiger partial charge in [-0.3, -0.25) is 0 Å². The molecule has 1 N–H and O–H groups in total. The monoisotopic (exact) mass is 248 g/mol. The molecule has 0 amide bonds. The number of aliphatic hydroxyl groups excluding tert-OH is 1. The molecule has 0 aliphatic heterocycles. The average Bonchev–Trinajstić information content (AvgIpc) is 2.85. The second-order valence-corrected chi connectivity index (χ2v) is 3.87. The van der Waals surface area contributed by atoms with E-state index in [2.05, 4.69) is 10.2 Å². The predicted molar refractivity (Wildman–Crippen MR) is 65.5 cm³/mol. The predicted octanol–water partition coefficient (Wildman–Crippen LogP) is 1.40. The number of aliphatic hydroxyl groups is 1. The summed E-state index contributed by atoms with van der Waals surface area (Å²) < 4.78 is 10.7. The van der Waals surface area contributed by atoms with Gasteiger partial charge in [-0.15, -0.1) is 10.2 Å². The average molecular weight is 248 g/mol. The van der Waals surface area contributed by atoms with Gasteiger partial charge >= 0.3 is 0 Å². The van der Waals surface area contributed by atoms with E-state index in [1.54, 1.807) is 7.11 Å². The van der Waals surface area contributed by atoms with E-state index in [-0.39, 0.29) is 6.61 Å². The second-order valence-electron chi connectivity index (χ2n) is 3.87. The Kier molecular flexibility index (Phi) is 4.30. The van der Waals surface area contributed by atoms with Crippen molar-refractivity contribution in [2.45, 2.75) is 19.3 Å². The van der Waals surface area contributed by atoms with Crippen LogP contribution in [-0.2, 0) is 19.3 Å². The van der Waals surface area contributed by atoms with Gasteiger partial charge in [0, 0.05) is 12.8 Å². The number of hydrogen-bond donors (Lipinski definition) is 1. The molecule has 1 aromatic heterocycles. The lowest BCUT2D eigenvalue weighted by molar-refractivity contribution is 0.283. The highest BCUT2D eigenvalue weighted by atomic mass is 16.5. The number of aromatic nitrogens is 2. The summed E-state index contributed by atoms with van der Waals surface area (Å²) in [6, 6.07) is 7.86. The number of aryl methyl sites for hydroxylation is 2. The highest BCUT2D eigenvalue weighted by molar-refractivity contribution is 5.33. The van der Waals surface area contributed by atoms with Crippen molar-refractivity contribution >= 4 is 0 Å². The van der Waals surface area contributed by atoms with E-state index in [1.165, 1.54) is 0 Å². The molecule has 0 spiro atoms. The van der Waals surface area contributed by atoms with Crippen LogP contribution in [0.4, 0.5) is 0 Å². The first-order chi connectivity index (χ1) is 8.83.